The molecular formula is C21H22BrF3N8O. The van der Waals surface area contributed by atoms with Crippen LogP contribution in [0.1, 0.15) is 30.4 Å². The van der Waals surface area contributed by atoms with Gasteiger partial charge in [-0.15, -0.1) is 0 Å². The lowest BCUT2D eigenvalue weighted by molar-refractivity contribution is -0.138. The van der Waals surface area contributed by atoms with Gasteiger partial charge in [-0.2, -0.15) is 13.2 Å². The van der Waals surface area contributed by atoms with Crippen molar-refractivity contribution < 1.29 is 18.0 Å². The van der Waals surface area contributed by atoms with Crippen LogP contribution in [0.2, 0.25) is 0 Å². The molecule has 1 saturated carbocycles. The maximum atomic E-state index is 13.7. The molecule has 0 radical (unpaired) electrons. The number of nitrogens with one attached hydrogen (secondary N) is 1. The lowest BCUT2D eigenvalue weighted by atomic mass is 9.99. The Labute approximate surface area is 200 Å². The van der Waals surface area contributed by atoms with Crippen LogP contribution in [0.15, 0.2) is 29.3 Å². The molecule has 13 heteroatoms. The number of nitrogen functional groups attached to an aromatic ring is 1. The summed E-state index contributed by atoms with van der Waals surface area (Å²) in [4.78, 5) is 26.9. The van der Waals surface area contributed by atoms with Crippen molar-refractivity contribution in [2.75, 3.05) is 23.7 Å². The lowest BCUT2D eigenvalue weighted by Gasteiger charge is -2.27. The van der Waals surface area contributed by atoms with Crippen LogP contribution in [0.3, 0.4) is 0 Å². The number of carbonyl (C=O) groups is 1. The predicted molar refractivity (Wildman–Crippen MR) is 123 cm³/mol. The monoisotopic (exact) mass is 538 g/mol. The Morgan fingerprint density at radius 2 is 2.03 bits per heavy atom. The molecule has 34 heavy (non-hydrogen) atoms. The van der Waals surface area contributed by atoms with E-state index >= 15 is 0 Å². The molecule has 1 aliphatic heterocycles. The number of imidazole rings is 1. The minimum absolute atomic E-state index is 0.0368. The Kier molecular flexibility index (Phi) is 5.43. The van der Waals surface area contributed by atoms with Crippen LogP contribution in [-0.4, -0.2) is 50.1 Å². The molecule has 3 aromatic rings. The van der Waals surface area contributed by atoms with Gasteiger partial charge in [-0.05, 0) is 47.3 Å². The first-order chi connectivity index (χ1) is 16.1. The Morgan fingerprint density at radius 1 is 1.26 bits per heavy atom. The molecule has 1 saturated heterocycles. The van der Waals surface area contributed by atoms with Crippen LogP contribution in [0.4, 0.5) is 24.7 Å². The van der Waals surface area contributed by atoms with Crippen molar-refractivity contribution >= 4 is 44.5 Å². The van der Waals surface area contributed by atoms with Crippen LogP contribution in [0.5, 0.6) is 0 Å². The average Bonchev–Trinajstić information content (AvgIpc) is 3.34. The highest BCUT2D eigenvalue weighted by Crippen LogP contribution is 2.42. The number of halogens is 4. The standard InChI is InChI=1S/C21H22BrF3N8O/c22-15-12(7-33-10-30-16-17(26)28-9-29-18(16)33)14(4-3-13(15)21(23,24)25)32-6-5-20(27,8-32)19(34)31-11-1-2-11/h3-4,9-11H,1-2,5-8,27H2,(H,31,34)(H2,26,28,29)/t20-/m1/s1. The summed E-state index contributed by atoms with van der Waals surface area (Å²) in [5.41, 5.74) is 12.1. The Bertz CT molecular complexity index is 1270. The summed E-state index contributed by atoms with van der Waals surface area (Å²) in [6.45, 7) is 0.657. The topological polar surface area (TPSA) is 128 Å². The zero-order chi connectivity index (χ0) is 24.3. The van der Waals surface area contributed by atoms with Gasteiger partial charge < -0.3 is 26.3 Å². The summed E-state index contributed by atoms with van der Waals surface area (Å²) in [7, 11) is 0. The highest BCUT2D eigenvalue weighted by molar-refractivity contribution is 9.10. The van der Waals surface area contributed by atoms with Crippen molar-refractivity contribution in [2.24, 2.45) is 5.73 Å². The van der Waals surface area contributed by atoms with Gasteiger partial charge in [-0.25, -0.2) is 15.0 Å². The number of benzene rings is 1. The van der Waals surface area contributed by atoms with E-state index in [9.17, 15) is 18.0 Å². The molecular weight excluding hydrogens is 517 g/mol. The largest absolute Gasteiger partial charge is 0.417 e. The maximum absolute atomic E-state index is 13.7. The SMILES string of the molecule is Nc1ncnc2c1ncn2Cc1c(N2CC[C@](N)(C(=O)NC3CC3)C2)ccc(C(F)(F)F)c1Br. The van der Waals surface area contributed by atoms with Crippen LogP contribution in [0.25, 0.3) is 11.2 Å². The van der Waals surface area contributed by atoms with Gasteiger partial charge in [0.2, 0.25) is 5.91 Å². The first kappa shape index (κ1) is 22.8. The smallest absolute Gasteiger partial charge is 0.382 e. The van der Waals surface area contributed by atoms with Crippen LogP contribution in [0, 0.1) is 0 Å². The van der Waals surface area contributed by atoms with Crippen molar-refractivity contribution in [3.8, 4) is 0 Å². The number of anilines is 2. The van der Waals surface area contributed by atoms with Gasteiger partial charge in [0, 0.05) is 34.9 Å². The maximum Gasteiger partial charge on any atom is 0.417 e. The Balaban J connectivity index is 1.53. The van der Waals surface area contributed by atoms with E-state index in [2.05, 4.69) is 36.2 Å². The van der Waals surface area contributed by atoms with E-state index < -0.39 is 17.3 Å². The van der Waals surface area contributed by atoms with E-state index in [-0.39, 0.29) is 35.3 Å². The second-order valence-electron chi connectivity index (χ2n) is 8.80. The Morgan fingerprint density at radius 3 is 2.74 bits per heavy atom. The van der Waals surface area contributed by atoms with E-state index in [1.807, 2.05) is 4.90 Å². The third kappa shape index (κ3) is 4.06. The molecule has 3 heterocycles. The molecule has 1 aromatic carbocycles. The van der Waals surface area contributed by atoms with Gasteiger partial charge in [0.15, 0.2) is 11.5 Å². The fourth-order valence-electron chi connectivity index (χ4n) is 4.24. The van der Waals surface area contributed by atoms with Crippen LogP contribution >= 0.6 is 15.9 Å². The van der Waals surface area contributed by atoms with E-state index in [1.165, 1.54) is 18.7 Å². The van der Waals surface area contributed by atoms with Crippen molar-refractivity contribution in [3.63, 3.8) is 0 Å². The number of rotatable bonds is 5. The van der Waals surface area contributed by atoms with E-state index in [4.69, 9.17) is 11.5 Å². The number of aromatic nitrogens is 4. The van der Waals surface area contributed by atoms with Gasteiger partial charge in [0.1, 0.15) is 17.4 Å². The van der Waals surface area contributed by atoms with E-state index in [1.54, 1.807) is 4.57 Å². The van der Waals surface area contributed by atoms with Gasteiger partial charge in [0.05, 0.1) is 18.4 Å². The molecule has 1 atom stereocenters. The zero-order valence-electron chi connectivity index (χ0n) is 17.9. The summed E-state index contributed by atoms with van der Waals surface area (Å²) >= 11 is 3.19. The lowest BCUT2D eigenvalue weighted by Crippen LogP contribution is -2.56. The minimum atomic E-state index is -4.55. The zero-order valence-corrected chi connectivity index (χ0v) is 19.5. The number of carbonyl (C=O) groups excluding carboxylic acids is 1. The summed E-state index contributed by atoms with van der Waals surface area (Å²) in [6.07, 6.45) is 0.457. The van der Waals surface area contributed by atoms with Crippen molar-refractivity contribution in [3.05, 3.63) is 40.4 Å². The number of fused-ring (bicyclic) bond motifs is 1. The fourth-order valence-corrected chi connectivity index (χ4v) is 4.93. The van der Waals surface area contributed by atoms with Gasteiger partial charge >= 0.3 is 6.18 Å². The summed E-state index contributed by atoms with van der Waals surface area (Å²) in [6, 6.07) is 2.63. The number of nitrogens with two attached hydrogens (primary N) is 2. The van der Waals surface area contributed by atoms with Crippen LogP contribution < -0.4 is 21.7 Å². The highest BCUT2D eigenvalue weighted by atomic mass is 79.9. The molecule has 5 rings (SSSR count). The second-order valence-corrected chi connectivity index (χ2v) is 9.59. The molecule has 180 valence electrons. The normalized spacial score (nSPS) is 20.8. The molecule has 2 aliphatic rings. The van der Waals surface area contributed by atoms with Gasteiger partial charge in [-0.1, -0.05) is 0 Å². The molecule has 2 aromatic heterocycles. The average molecular weight is 539 g/mol. The fraction of sp³-hybridized carbons (Fsp3) is 0.429. The third-order valence-corrected chi connectivity index (χ3v) is 7.19. The molecule has 0 spiro atoms. The summed E-state index contributed by atoms with van der Waals surface area (Å²) < 4.78 is 42.6. The Hall–Kier alpha value is -2.93. The second kappa shape index (κ2) is 8.08. The number of alkyl halides is 3. The number of nitrogens with zero attached hydrogens (tertiary/aromatic N) is 5. The molecule has 9 nitrogen and oxygen atoms in total. The quantitative estimate of drug-likeness (QED) is 0.455. The molecule has 1 amide bonds. The third-order valence-electron chi connectivity index (χ3n) is 6.29. The first-order valence-electron chi connectivity index (χ1n) is 10.7. The number of amides is 1. The first-order valence-corrected chi connectivity index (χ1v) is 11.5. The molecule has 0 unspecified atom stereocenters. The summed E-state index contributed by atoms with van der Waals surface area (Å²) in [5, 5.41) is 2.94. The van der Waals surface area contributed by atoms with Crippen molar-refractivity contribution in [1.82, 2.24) is 24.8 Å². The molecule has 2 fully saturated rings. The summed E-state index contributed by atoms with van der Waals surface area (Å²) in [5.74, 6) is -0.0426. The molecule has 0 bridgehead atoms. The molecule has 1 aliphatic carbocycles. The highest BCUT2D eigenvalue weighted by Gasteiger charge is 2.44. The number of hydrogen-bond acceptors (Lipinski definition) is 7. The van der Waals surface area contributed by atoms with Crippen molar-refractivity contribution in [1.29, 1.82) is 0 Å². The van der Waals surface area contributed by atoms with Crippen molar-refractivity contribution in [2.45, 2.75) is 43.6 Å². The van der Waals surface area contributed by atoms with E-state index in [0.29, 0.717) is 35.4 Å². The van der Waals surface area contributed by atoms with Crippen LogP contribution in [-0.2, 0) is 17.5 Å². The predicted octanol–water partition coefficient (Wildman–Crippen LogP) is 2.42. The minimum Gasteiger partial charge on any atom is -0.382 e. The van der Waals surface area contributed by atoms with Gasteiger partial charge in [-0.3, -0.25) is 4.79 Å². The van der Waals surface area contributed by atoms with E-state index in [0.717, 1.165) is 18.9 Å². The molecule has 5 N–H and O–H groups in total. The number of hydrogen-bond donors (Lipinski definition) is 3. The van der Waals surface area contributed by atoms with Gasteiger partial charge in [0.25, 0.3) is 0 Å².